The van der Waals surface area contributed by atoms with Crippen LogP contribution in [-0.4, -0.2) is 40.1 Å². The average Bonchev–Trinajstić information content (AvgIpc) is 3.33. The Hall–Kier alpha value is -4.09. The molecule has 0 bridgehead atoms. The van der Waals surface area contributed by atoms with E-state index in [9.17, 15) is 4.79 Å². The minimum Gasteiger partial charge on any atom is -0.497 e. The van der Waals surface area contributed by atoms with Gasteiger partial charge in [-0.3, -0.25) is 9.36 Å². The molecule has 1 amide bonds. The Bertz CT molecular complexity index is 1310. The lowest BCUT2D eigenvalue weighted by Gasteiger charge is -2.22. The Morgan fingerprint density at radius 3 is 2.40 bits per heavy atom. The van der Waals surface area contributed by atoms with Crippen LogP contribution in [0.5, 0.6) is 5.75 Å². The van der Waals surface area contributed by atoms with Crippen LogP contribution in [0, 0.1) is 18.3 Å². The van der Waals surface area contributed by atoms with Gasteiger partial charge in [0.25, 0.3) is 0 Å². The van der Waals surface area contributed by atoms with E-state index in [-0.39, 0.29) is 18.1 Å². The molecule has 0 saturated carbocycles. The lowest BCUT2D eigenvalue weighted by Crippen LogP contribution is -2.33. The number of ether oxygens (including phenoxy) is 1. The van der Waals surface area contributed by atoms with Crippen LogP contribution in [-0.2, 0) is 4.79 Å². The normalized spacial score (nSPS) is 10.5. The SMILES string of the molecule is COc1ccc(-n2c(SCC(=O)N(CCC#N)c3ccc(C)cc3)nnc2-c2ccccc2)cc1. The van der Waals surface area contributed by atoms with Crippen molar-refractivity contribution in [2.24, 2.45) is 0 Å². The molecule has 0 saturated heterocycles. The fraction of sp³-hybridized carbons (Fsp3) is 0.185. The van der Waals surface area contributed by atoms with E-state index in [1.165, 1.54) is 11.8 Å². The fourth-order valence-electron chi connectivity index (χ4n) is 3.59. The number of anilines is 1. The largest absolute Gasteiger partial charge is 0.497 e. The summed E-state index contributed by atoms with van der Waals surface area (Å²) in [7, 11) is 1.63. The van der Waals surface area contributed by atoms with E-state index in [2.05, 4.69) is 16.3 Å². The first-order valence-electron chi connectivity index (χ1n) is 11.1. The highest BCUT2D eigenvalue weighted by molar-refractivity contribution is 7.99. The van der Waals surface area contributed by atoms with Gasteiger partial charge in [0.05, 0.1) is 25.4 Å². The van der Waals surface area contributed by atoms with Gasteiger partial charge >= 0.3 is 0 Å². The van der Waals surface area contributed by atoms with Crippen molar-refractivity contribution in [3.05, 3.63) is 84.4 Å². The lowest BCUT2D eigenvalue weighted by molar-refractivity contribution is -0.116. The van der Waals surface area contributed by atoms with Crippen molar-refractivity contribution in [1.82, 2.24) is 14.8 Å². The molecule has 0 aliphatic heterocycles. The molecule has 0 N–H and O–H groups in total. The molecule has 0 aliphatic rings. The molecule has 4 rings (SSSR count). The molecule has 0 radical (unpaired) electrons. The first-order chi connectivity index (χ1) is 17.1. The zero-order chi connectivity index (χ0) is 24.6. The van der Waals surface area contributed by atoms with Crippen LogP contribution >= 0.6 is 11.8 Å². The number of nitriles is 1. The van der Waals surface area contributed by atoms with Gasteiger partial charge in [-0.05, 0) is 43.3 Å². The molecule has 0 unspecified atom stereocenters. The van der Waals surface area contributed by atoms with Crippen LogP contribution in [0.1, 0.15) is 12.0 Å². The van der Waals surface area contributed by atoms with Crippen molar-refractivity contribution in [1.29, 1.82) is 5.26 Å². The summed E-state index contributed by atoms with van der Waals surface area (Å²) in [6.45, 7) is 2.33. The molecule has 3 aromatic carbocycles. The second-order valence-electron chi connectivity index (χ2n) is 7.78. The highest BCUT2D eigenvalue weighted by atomic mass is 32.2. The highest BCUT2D eigenvalue weighted by Gasteiger charge is 2.20. The van der Waals surface area contributed by atoms with E-state index < -0.39 is 0 Å². The number of carbonyl (C=O) groups is 1. The Kier molecular flexibility index (Phi) is 7.81. The summed E-state index contributed by atoms with van der Waals surface area (Å²) in [5.74, 6) is 1.49. The van der Waals surface area contributed by atoms with Crippen LogP contribution in [0.15, 0.2) is 84.0 Å². The summed E-state index contributed by atoms with van der Waals surface area (Å²) in [6.07, 6.45) is 0.254. The Labute approximate surface area is 209 Å². The van der Waals surface area contributed by atoms with Crippen LogP contribution in [0.2, 0.25) is 0 Å². The van der Waals surface area contributed by atoms with E-state index in [0.29, 0.717) is 17.5 Å². The van der Waals surface area contributed by atoms with Gasteiger partial charge in [-0.1, -0.05) is 59.8 Å². The number of aryl methyl sites for hydroxylation is 1. The molecule has 4 aromatic rings. The lowest BCUT2D eigenvalue weighted by atomic mass is 10.2. The second-order valence-corrected chi connectivity index (χ2v) is 8.73. The smallest absolute Gasteiger partial charge is 0.237 e. The maximum absolute atomic E-state index is 13.2. The summed E-state index contributed by atoms with van der Waals surface area (Å²) in [4.78, 5) is 14.9. The number of thioether (sulfide) groups is 1. The summed E-state index contributed by atoms with van der Waals surface area (Å²) >= 11 is 1.32. The molecular formula is C27H25N5O2S. The van der Waals surface area contributed by atoms with Crippen molar-refractivity contribution in [3.8, 4) is 28.9 Å². The minimum atomic E-state index is -0.0976. The number of aromatic nitrogens is 3. The Morgan fingerprint density at radius 2 is 1.74 bits per heavy atom. The van der Waals surface area contributed by atoms with Crippen molar-refractivity contribution in [2.75, 3.05) is 24.3 Å². The predicted molar refractivity (Wildman–Crippen MR) is 138 cm³/mol. The first-order valence-corrected chi connectivity index (χ1v) is 12.1. The summed E-state index contributed by atoms with van der Waals surface area (Å²) in [5.41, 5.74) is 3.67. The number of hydrogen-bond donors (Lipinski definition) is 0. The molecule has 8 heteroatoms. The fourth-order valence-corrected chi connectivity index (χ4v) is 4.42. The van der Waals surface area contributed by atoms with Gasteiger partial charge in [-0.25, -0.2) is 0 Å². The molecule has 0 atom stereocenters. The van der Waals surface area contributed by atoms with Crippen LogP contribution in [0.25, 0.3) is 17.1 Å². The van der Waals surface area contributed by atoms with Gasteiger partial charge in [0.2, 0.25) is 5.91 Å². The van der Waals surface area contributed by atoms with Gasteiger partial charge in [-0.2, -0.15) is 5.26 Å². The van der Waals surface area contributed by atoms with E-state index in [1.807, 2.05) is 90.4 Å². The number of benzene rings is 3. The van der Waals surface area contributed by atoms with E-state index >= 15 is 0 Å². The molecule has 35 heavy (non-hydrogen) atoms. The summed E-state index contributed by atoms with van der Waals surface area (Å²) in [5, 5.41) is 18.5. The topological polar surface area (TPSA) is 84.0 Å². The van der Waals surface area contributed by atoms with Gasteiger partial charge in [0, 0.05) is 23.5 Å². The zero-order valence-electron chi connectivity index (χ0n) is 19.6. The van der Waals surface area contributed by atoms with Gasteiger partial charge in [0.15, 0.2) is 11.0 Å². The standard InChI is InChI=1S/C27H25N5O2S/c1-20-9-11-22(12-10-20)31(18-6-17-28)25(33)19-35-27-30-29-26(21-7-4-3-5-8-21)32(27)23-13-15-24(34-2)16-14-23/h3-5,7-16H,6,18-19H2,1-2H3. The minimum absolute atomic E-state index is 0.0976. The number of hydrogen-bond acceptors (Lipinski definition) is 6. The maximum Gasteiger partial charge on any atom is 0.237 e. The number of rotatable bonds is 9. The van der Waals surface area contributed by atoms with Crippen molar-refractivity contribution < 1.29 is 9.53 Å². The third kappa shape index (κ3) is 5.70. The molecule has 1 heterocycles. The van der Waals surface area contributed by atoms with Gasteiger partial charge in [-0.15, -0.1) is 10.2 Å². The molecular weight excluding hydrogens is 458 g/mol. The Balaban J connectivity index is 1.62. The van der Waals surface area contributed by atoms with Crippen molar-refractivity contribution in [3.63, 3.8) is 0 Å². The quantitative estimate of drug-likeness (QED) is 0.301. The molecule has 176 valence electrons. The average molecular weight is 484 g/mol. The summed E-state index contributed by atoms with van der Waals surface area (Å²) < 4.78 is 7.24. The van der Waals surface area contributed by atoms with E-state index in [0.717, 1.165) is 28.3 Å². The number of carbonyl (C=O) groups excluding carboxylic acids is 1. The van der Waals surface area contributed by atoms with Gasteiger partial charge in [0.1, 0.15) is 5.75 Å². The van der Waals surface area contributed by atoms with Crippen LogP contribution in [0.4, 0.5) is 5.69 Å². The molecule has 0 fully saturated rings. The Morgan fingerprint density at radius 1 is 1.03 bits per heavy atom. The molecule has 1 aromatic heterocycles. The maximum atomic E-state index is 13.2. The summed E-state index contributed by atoms with van der Waals surface area (Å²) in [6, 6.07) is 27.3. The van der Waals surface area contributed by atoms with Crippen LogP contribution < -0.4 is 9.64 Å². The van der Waals surface area contributed by atoms with E-state index in [1.54, 1.807) is 12.0 Å². The van der Waals surface area contributed by atoms with Crippen LogP contribution in [0.3, 0.4) is 0 Å². The molecule has 0 aliphatic carbocycles. The predicted octanol–water partition coefficient (Wildman–Crippen LogP) is 5.29. The molecule has 0 spiro atoms. The first kappa shape index (κ1) is 24.0. The third-order valence-electron chi connectivity index (χ3n) is 5.41. The second kappa shape index (κ2) is 11.4. The number of methoxy groups -OCH3 is 1. The molecule has 7 nitrogen and oxygen atoms in total. The number of amides is 1. The van der Waals surface area contributed by atoms with Crippen molar-refractivity contribution in [2.45, 2.75) is 18.5 Å². The van der Waals surface area contributed by atoms with Gasteiger partial charge < -0.3 is 9.64 Å². The number of nitrogens with zero attached hydrogens (tertiary/aromatic N) is 5. The zero-order valence-corrected chi connectivity index (χ0v) is 20.4. The van der Waals surface area contributed by atoms with E-state index in [4.69, 9.17) is 10.00 Å². The third-order valence-corrected chi connectivity index (χ3v) is 6.33. The van der Waals surface area contributed by atoms with Crippen molar-refractivity contribution >= 4 is 23.4 Å². The monoisotopic (exact) mass is 483 g/mol. The highest BCUT2D eigenvalue weighted by Crippen LogP contribution is 2.29.